The average molecular weight is 311 g/mol. The van der Waals surface area contributed by atoms with E-state index in [2.05, 4.69) is 15.6 Å². The van der Waals surface area contributed by atoms with E-state index >= 15 is 0 Å². The molecule has 4 nitrogen and oxygen atoms in total. The number of nitrogens with one attached hydrogen (secondary N) is 2. The molecule has 0 aromatic carbocycles. The van der Waals surface area contributed by atoms with Crippen molar-refractivity contribution in [3.63, 3.8) is 0 Å². The first-order valence-electron chi connectivity index (χ1n) is 9.24. The van der Waals surface area contributed by atoms with Crippen LogP contribution in [-0.4, -0.2) is 22.5 Å². The van der Waals surface area contributed by atoms with Gasteiger partial charge in [0.25, 0.3) is 5.91 Å². The van der Waals surface area contributed by atoms with Crippen LogP contribution in [0.5, 0.6) is 0 Å². The fourth-order valence-electron chi connectivity index (χ4n) is 5.65. The van der Waals surface area contributed by atoms with Crippen molar-refractivity contribution in [2.45, 2.75) is 62.9 Å². The van der Waals surface area contributed by atoms with Gasteiger partial charge in [0.15, 0.2) is 0 Å². The van der Waals surface area contributed by atoms with Crippen molar-refractivity contribution in [3.8, 4) is 0 Å². The molecule has 0 unspecified atom stereocenters. The van der Waals surface area contributed by atoms with Crippen LogP contribution in [-0.2, 0) is 0 Å². The van der Waals surface area contributed by atoms with E-state index in [-0.39, 0.29) is 11.4 Å². The lowest BCUT2D eigenvalue weighted by atomic mass is 9.53. The van der Waals surface area contributed by atoms with E-state index in [0.717, 1.165) is 23.6 Å². The fourth-order valence-corrected chi connectivity index (χ4v) is 5.65. The SMILES string of the molecule is O=C(NC12CC3CC(CC(C3)C1)C2)c1cccc(NC2CC2)n1. The van der Waals surface area contributed by atoms with Gasteiger partial charge in [0.1, 0.15) is 11.5 Å². The second-order valence-corrected chi connectivity index (χ2v) is 8.48. The Bertz CT molecular complexity index is 602. The highest BCUT2D eigenvalue weighted by atomic mass is 16.2. The number of hydrogen-bond donors (Lipinski definition) is 2. The van der Waals surface area contributed by atoms with Crippen molar-refractivity contribution >= 4 is 11.7 Å². The van der Waals surface area contributed by atoms with Gasteiger partial charge < -0.3 is 10.6 Å². The molecule has 2 N–H and O–H groups in total. The van der Waals surface area contributed by atoms with Crippen LogP contribution in [0.15, 0.2) is 18.2 Å². The molecule has 5 aliphatic carbocycles. The Labute approximate surface area is 137 Å². The van der Waals surface area contributed by atoms with Crippen molar-refractivity contribution in [2.24, 2.45) is 17.8 Å². The fraction of sp³-hybridized carbons (Fsp3) is 0.684. The Morgan fingerprint density at radius 2 is 1.70 bits per heavy atom. The van der Waals surface area contributed by atoms with Crippen molar-refractivity contribution in [1.29, 1.82) is 0 Å². The molecule has 1 amide bonds. The van der Waals surface area contributed by atoms with Gasteiger partial charge in [-0.15, -0.1) is 0 Å². The van der Waals surface area contributed by atoms with Crippen LogP contribution in [0.2, 0.25) is 0 Å². The van der Waals surface area contributed by atoms with E-state index in [1.54, 1.807) is 0 Å². The third kappa shape index (κ3) is 2.62. The lowest BCUT2D eigenvalue weighted by Crippen LogP contribution is -2.59. The first-order valence-corrected chi connectivity index (χ1v) is 9.24. The molecular formula is C19H25N3O. The second-order valence-electron chi connectivity index (χ2n) is 8.48. The summed E-state index contributed by atoms with van der Waals surface area (Å²) < 4.78 is 0. The molecule has 1 heterocycles. The molecule has 0 atom stereocenters. The predicted molar refractivity (Wildman–Crippen MR) is 89.3 cm³/mol. The zero-order valence-electron chi connectivity index (χ0n) is 13.6. The van der Waals surface area contributed by atoms with Gasteiger partial charge in [-0.25, -0.2) is 4.98 Å². The first kappa shape index (κ1) is 13.8. The second kappa shape index (κ2) is 4.96. The van der Waals surface area contributed by atoms with Gasteiger partial charge in [0.2, 0.25) is 0 Å². The Kier molecular flexibility index (Phi) is 2.98. The Morgan fingerprint density at radius 1 is 1.04 bits per heavy atom. The number of carbonyl (C=O) groups is 1. The van der Waals surface area contributed by atoms with Gasteiger partial charge in [-0.3, -0.25) is 4.79 Å². The van der Waals surface area contributed by atoms with Crippen molar-refractivity contribution in [1.82, 2.24) is 10.3 Å². The van der Waals surface area contributed by atoms with Crippen molar-refractivity contribution in [2.75, 3.05) is 5.32 Å². The van der Waals surface area contributed by atoms with Crippen LogP contribution in [0.25, 0.3) is 0 Å². The Hall–Kier alpha value is -1.58. The normalized spacial score (nSPS) is 37.7. The number of pyridine rings is 1. The van der Waals surface area contributed by atoms with E-state index in [4.69, 9.17) is 0 Å². The summed E-state index contributed by atoms with van der Waals surface area (Å²) in [6.45, 7) is 0. The minimum Gasteiger partial charge on any atom is -0.367 e. The standard InChI is InChI=1S/C19H25N3O/c23-18(16-2-1-3-17(21-16)20-15-4-5-15)22-19-9-12-6-13(10-19)8-14(7-12)11-19/h1-3,12-15H,4-11H2,(H,20,21)(H,22,23). The smallest absolute Gasteiger partial charge is 0.270 e. The van der Waals surface area contributed by atoms with E-state index < -0.39 is 0 Å². The molecule has 0 spiro atoms. The number of amides is 1. The molecule has 4 bridgehead atoms. The summed E-state index contributed by atoms with van der Waals surface area (Å²) in [5.41, 5.74) is 0.624. The summed E-state index contributed by atoms with van der Waals surface area (Å²) in [5.74, 6) is 3.39. The number of rotatable bonds is 4. The molecule has 5 aliphatic rings. The number of aromatic nitrogens is 1. The predicted octanol–water partition coefficient (Wildman–Crippen LogP) is 3.35. The summed E-state index contributed by atoms with van der Waals surface area (Å²) >= 11 is 0. The van der Waals surface area contributed by atoms with E-state index in [1.165, 1.54) is 51.4 Å². The quantitative estimate of drug-likeness (QED) is 0.896. The Morgan fingerprint density at radius 3 is 2.30 bits per heavy atom. The van der Waals surface area contributed by atoms with Crippen LogP contribution >= 0.6 is 0 Å². The monoisotopic (exact) mass is 311 g/mol. The van der Waals surface area contributed by atoms with Gasteiger partial charge in [0.05, 0.1) is 0 Å². The topological polar surface area (TPSA) is 54.0 Å². The summed E-state index contributed by atoms with van der Waals surface area (Å²) in [6, 6.07) is 6.30. The first-order chi connectivity index (χ1) is 11.2. The van der Waals surface area contributed by atoms with E-state index in [9.17, 15) is 4.79 Å². The van der Waals surface area contributed by atoms with Crippen LogP contribution in [0, 0.1) is 17.8 Å². The van der Waals surface area contributed by atoms with Crippen LogP contribution in [0.3, 0.4) is 0 Å². The van der Waals surface area contributed by atoms with Gasteiger partial charge >= 0.3 is 0 Å². The third-order valence-electron chi connectivity index (χ3n) is 6.33. The van der Waals surface area contributed by atoms with Crippen molar-refractivity contribution in [3.05, 3.63) is 23.9 Å². The Balaban J connectivity index is 1.33. The average Bonchev–Trinajstić information content (AvgIpc) is 3.29. The summed E-state index contributed by atoms with van der Waals surface area (Å²) in [4.78, 5) is 17.3. The molecule has 0 radical (unpaired) electrons. The molecule has 1 aromatic heterocycles. The molecule has 6 rings (SSSR count). The minimum atomic E-state index is 0.0198. The molecule has 5 saturated carbocycles. The van der Waals surface area contributed by atoms with E-state index in [0.29, 0.717) is 11.7 Å². The lowest BCUT2D eigenvalue weighted by molar-refractivity contribution is -0.0167. The largest absolute Gasteiger partial charge is 0.367 e. The summed E-state index contributed by atoms with van der Waals surface area (Å²) in [6.07, 6.45) is 10.2. The molecule has 23 heavy (non-hydrogen) atoms. The molecule has 5 fully saturated rings. The number of hydrogen-bond acceptors (Lipinski definition) is 3. The number of anilines is 1. The molecule has 0 saturated heterocycles. The third-order valence-corrected chi connectivity index (χ3v) is 6.33. The van der Waals surface area contributed by atoms with Crippen LogP contribution < -0.4 is 10.6 Å². The lowest BCUT2D eigenvalue weighted by Gasteiger charge is -2.56. The zero-order chi connectivity index (χ0) is 15.4. The molecular weight excluding hydrogens is 286 g/mol. The van der Waals surface area contributed by atoms with Gasteiger partial charge in [-0.05, 0) is 81.3 Å². The maximum absolute atomic E-state index is 12.8. The van der Waals surface area contributed by atoms with Crippen molar-refractivity contribution < 1.29 is 4.79 Å². The minimum absolute atomic E-state index is 0.0198. The number of carbonyl (C=O) groups excluding carboxylic acids is 1. The number of nitrogens with zero attached hydrogens (tertiary/aromatic N) is 1. The molecule has 4 heteroatoms. The highest BCUT2D eigenvalue weighted by molar-refractivity contribution is 5.93. The maximum Gasteiger partial charge on any atom is 0.270 e. The summed E-state index contributed by atoms with van der Waals surface area (Å²) in [5, 5.41) is 6.79. The van der Waals surface area contributed by atoms with Gasteiger partial charge in [-0.1, -0.05) is 6.07 Å². The molecule has 0 aliphatic heterocycles. The van der Waals surface area contributed by atoms with Crippen LogP contribution in [0.4, 0.5) is 5.82 Å². The van der Waals surface area contributed by atoms with E-state index in [1.807, 2.05) is 18.2 Å². The van der Waals surface area contributed by atoms with Gasteiger partial charge in [-0.2, -0.15) is 0 Å². The summed E-state index contributed by atoms with van der Waals surface area (Å²) in [7, 11) is 0. The highest BCUT2D eigenvalue weighted by Gasteiger charge is 2.51. The maximum atomic E-state index is 12.8. The molecule has 122 valence electrons. The zero-order valence-corrected chi connectivity index (χ0v) is 13.6. The highest BCUT2D eigenvalue weighted by Crippen LogP contribution is 2.55. The van der Waals surface area contributed by atoms with Crippen LogP contribution in [0.1, 0.15) is 61.9 Å². The van der Waals surface area contributed by atoms with Gasteiger partial charge in [0, 0.05) is 11.6 Å². The molecule has 1 aromatic rings.